The summed E-state index contributed by atoms with van der Waals surface area (Å²) < 4.78 is 9.89. The zero-order chi connectivity index (χ0) is 30.6. The minimum Gasteiger partial charge on any atom is -0.381 e. The van der Waals surface area contributed by atoms with E-state index in [1.807, 2.05) is 0 Å². The zero-order valence-corrected chi connectivity index (χ0v) is 38.2. The number of hydrogen-bond acceptors (Lipinski definition) is 2. The predicted molar refractivity (Wildman–Crippen MR) is 180 cm³/mol. The second-order valence-corrected chi connectivity index (χ2v) is 24.4. The van der Waals surface area contributed by atoms with Crippen LogP contribution in [-0.2, 0) is 9.47 Å². The number of hydrogen-bond donors (Lipinski definition) is 0. The van der Waals surface area contributed by atoms with Crippen LogP contribution in [0, 0.1) is 105 Å². The molecular weight excluding hydrogens is 698 g/mol. The van der Waals surface area contributed by atoms with Crippen molar-refractivity contribution in [3.63, 3.8) is 0 Å². The molecule has 2 saturated heterocycles. The van der Waals surface area contributed by atoms with Crippen LogP contribution >= 0.6 is 0 Å². The van der Waals surface area contributed by atoms with Gasteiger partial charge in [-0.15, -0.1) is 16.1 Å². The van der Waals surface area contributed by atoms with Gasteiger partial charge in [0.25, 0.3) is 0 Å². The maximum Gasteiger partial charge on any atom is 3.00 e. The van der Waals surface area contributed by atoms with E-state index in [2.05, 4.69) is 114 Å². The summed E-state index contributed by atoms with van der Waals surface area (Å²) in [7, 11) is -1.71. The summed E-state index contributed by atoms with van der Waals surface area (Å²) in [5.74, 6) is 14.7. The van der Waals surface area contributed by atoms with Crippen molar-refractivity contribution in [2.24, 2.45) is 0 Å². The Morgan fingerprint density at radius 2 is 0.537 bits per heavy atom. The van der Waals surface area contributed by atoms with Crippen LogP contribution in [0.5, 0.6) is 0 Å². The van der Waals surface area contributed by atoms with E-state index < -0.39 is 16.1 Å². The van der Waals surface area contributed by atoms with Gasteiger partial charge < -0.3 is 15.1 Å². The maximum absolute atomic E-state index is 4.94. The molecule has 2 aliphatic heterocycles. The van der Waals surface area contributed by atoms with Crippen LogP contribution in [-0.4, -0.2) is 42.6 Å². The topological polar surface area (TPSA) is 18.5 Å². The quantitative estimate of drug-likeness (QED) is 0.215. The average Bonchev–Trinajstić information content (AvgIpc) is 3.65. The Kier molecular flexibility index (Phi) is 29.1. The van der Waals surface area contributed by atoms with Crippen molar-refractivity contribution in [3.05, 3.63) is 64.8 Å². The standard InChI is InChI=1S/2C10H15.C7H19Si2.2C4H8O.K.Sm/c2*1-6-7(2)9(4)10(5)8(6)3;1-8(2,3)7-9(4,5)6;2*1-2-4-5-3-1;;/h2*1-5H3;7H,1-6H3;2*1-4H2;;/q;;-1;;;+1;+3. The Hall–Kier alpha value is 3.33. The molecule has 0 bridgehead atoms. The van der Waals surface area contributed by atoms with Gasteiger partial charge in [-0.1, -0.05) is 109 Å². The van der Waals surface area contributed by atoms with Crippen LogP contribution in [0.1, 0.15) is 94.9 Å². The minimum absolute atomic E-state index is 0. The largest absolute Gasteiger partial charge is 3.00 e. The van der Waals surface area contributed by atoms with Gasteiger partial charge >= 0.3 is 91.8 Å². The van der Waals surface area contributed by atoms with E-state index >= 15 is 0 Å². The molecule has 0 N–H and O–H groups in total. The monoisotopic (exact) mass is 764 g/mol. The van der Waals surface area contributed by atoms with Gasteiger partial charge in [0.15, 0.2) is 0 Å². The van der Waals surface area contributed by atoms with Gasteiger partial charge in [0.05, 0.1) is 0 Å². The maximum atomic E-state index is 4.94. The molecule has 4 rings (SSSR count). The molecule has 0 spiro atoms. The van der Waals surface area contributed by atoms with Crippen LogP contribution in [0.15, 0.2) is 0 Å². The Morgan fingerprint density at radius 3 is 0.585 bits per heavy atom. The molecule has 2 nitrogen and oxygen atoms in total. The van der Waals surface area contributed by atoms with Gasteiger partial charge in [0.2, 0.25) is 0 Å². The molecule has 0 aromatic heterocycles. The van der Waals surface area contributed by atoms with Crippen LogP contribution in [0.3, 0.4) is 0 Å². The first-order valence-corrected chi connectivity index (χ1v) is 22.4. The first-order chi connectivity index (χ1) is 17.8. The molecule has 4 aliphatic rings. The smallest absolute Gasteiger partial charge is 0.381 e. The van der Waals surface area contributed by atoms with E-state index in [9.17, 15) is 0 Å². The van der Waals surface area contributed by atoms with Crippen LogP contribution in [0.25, 0.3) is 0 Å². The van der Waals surface area contributed by atoms with E-state index in [0.717, 1.165) is 26.4 Å². The van der Waals surface area contributed by atoms with Gasteiger partial charge in [-0.25, -0.2) is 0 Å². The molecule has 4 fully saturated rings. The SMILES string of the molecule is C1CCOC1.C1CCOC1.C[C]1[C](C)[C](C)[C](C)[C]1C.C[C]1[C](C)[C](C)[C](C)[C]1C.C[Si](C)(C)[CH-][Si](C)(C)C.[K+].[Sm+3]. The summed E-state index contributed by atoms with van der Waals surface area (Å²) in [6.07, 6.45) is 5.11. The van der Waals surface area contributed by atoms with E-state index in [-0.39, 0.29) is 91.8 Å². The predicted octanol–water partition coefficient (Wildman–Crippen LogP) is 7.49. The van der Waals surface area contributed by atoms with Crippen LogP contribution in [0.4, 0.5) is 0 Å². The fraction of sp³-hybridized carbons (Fsp3) is 0.686. The summed E-state index contributed by atoms with van der Waals surface area (Å²) in [5, 5.41) is 0. The van der Waals surface area contributed by atoms with Crippen molar-refractivity contribution >= 4 is 16.1 Å². The molecule has 0 unspecified atom stereocenters. The second-order valence-electron chi connectivity index (χ2n) is 13.8. The van der Waals surface area contributed by atoms with Crippen molar-refractivity contribution in [3.8, 4) is 0 Å². The molecule has 0 aromatic rings. The summed E-state index contributed by atoms with van der Waals surface area (Å²) in [5.41, 5.74) is 2.65. The summed E-state index contributed by atoms with van der Waals surface area (Å²) in [6.45, 7) is 40.4. The summed E-state index contributed by atoms with van der Waals surface area (Å²) in [4.78, 5) is 0. The van der Waals surface area contributed by atoms with Gasteiger partial charge in [-0.05, 0) is 84.9 Å². The fourth-order valence-electron chi connectivity index (χ4n) is 5.13. The second kappa shape index (κ2) is 24.5. The molecule has 0 atom stereocenters. The van der Waals surface area contributed by atoms with Crippen molar-refractivity contribution in [1.29, 1.82) is 0 Å². The molecule has 2 heterocycles. The van der Waals surface area contributed by atoms with Gasteiger partial charge in [-0.2, -0.15) is 0 Å². The van der Waals surface area contributed by atoms with Crippen molar-refractivity contribution in [2.75, 3.05) is 26.4 Å². The van der Waals surface area contributed by atoms with E-state index in [1.54, 1.807) is 0 Å². The molecule has 229 valence electrons. The molecular formula is C35H65KO2Si2Sm+3. The van der Waals surface area contributed by atoms with Gasteiger partial charge in [0, 0.05) is 26.4 Å². The Labute approximate surface area is 338 Å². The van der Waals surface area contributed by atoms with Crippen molar-refractivity contribution < 1.29 is 101 Å². The minimum atomic E-state index is -0.856. The molecule has 0 amide bonds. The first kappa shape index (κ1) is 48.7. The Morgan fingerprint density at radius 1 is 0.390 bits per heavy atom. The Bertz CT molecular complexity index is 459. The first-order valence-electron chi connectivity index (χ1n) is 15.2. The molecule has 0 aromatic carbocycles. The van der Waals surface area contributed by atoms with Crippen LogP contribution in [0.2, 0.25) is 39.3 Å². The van der Waals surface area contributed by atoms with E-state index in [4.69, 9.17) is 9.47 Å². The third kappa shape index (κ3) is 21.0. The molecule has 2 saturated carbocycles. The summed E-state index contributed by atoms with van der Waals surface area (Å²) >= 11 is 0. The van der Waals surface area contributed by atoms with Crippen molar-refractivity contribution in [1.82, 2.24) is 0 Å². The molecule has 11 radical (unpaired) electrons. The summed E-state index contributed by atoms with van der Waals surface area (Å²) in [6, 6.07) is 0. The molecule has 41 heavy (non-hydrogen) atoms. The fourth-order valence-corrected chi connectivity index (χ4v) is 15.5. The molecule has 2 aliphatic carbocycles. The third-order valence-electron chi connectivity index (χ3n) is 8.15. The Balaban J connectivity index is -0.000000446. The van der Waals surface area contributed by atoms with Gasteiger partial charge in [0.1, 0.15) is 0 Å². The average molecular weight is 764 g/mol. The van der Waals surface area contributed by atoms with E-state index in [1.165, 1.54) is 84.9 Å². The zero-order valence-electron chi connectivity index (χ0n) is 30.5. The van der Waals surface area contributed by atoms with Crippen molar-refractivity contribution in [2.45, 2.75) is 134 Å². The van der Waals surface area contributed by atoms with Crippen LogP contribution < -0.4 is 51.4 Å². The third-order valence-corrected chi connectivity index (χ3v) is 15.1. The normalized spacial score (nSPS) is 22.8. The molecule has 6 heteroatoms. The number of rotatable bonds is 2. The van der Waals surface area contributed by atoms with E-state index in [0.29, 0.717) is 0 Å². The van der Waals surface area contributed by atoms with Gasteiger partial charge in [-0.3, -0.25) is 0 Å². The number of ether oxygens (including phenoxy) is 2.